The molecule has 172 valence electrons. The van der Waals surface area contributed by atoms with Crippen molar-refractivity contribution in [2.75, 3.05) is 49.5 Å². The number of carbonyl (C=O) groups is 2. The minimum Gasteiger partial charge on any atom is -0.384 e. The van der Waals surface area contributed by atoms with E-state index in [1.807, 2.05) is 0 Å². The molecule has 0 radical (unpaired) electrons. The molecule has 0 aliphatic carbocycles. The average molecular weight is 469 g/mol. The Morgan fingerprint density at radius 1 is 1.16 bits per heavy atom. The fourth-order valence-corrected chi connectivity index (χ4v) is 4.05. The van der Waals surface area contributed by atoms with E-state index in [-0.39, 0.29) is 23.9 Å². The number of amides is 2. The van der Waals surface area contributed by atoms with Gasteiger partial charge in [0.1, 0.15) is 5.82 Å². The highest BCUT2D eigenvalue weighted by Gasteiger charge is 2.33. The highest BCUT2D eigenvalue weighted by molar-refractivity contribution is 7.99. The topological polar surface area (TPSA) is 104 Å². The van der Waals surface area contributed by atoms with Crippen molar-refractivity contribution in [3.05, 3.63) is 41.6 Å². The number of halogens is 3. The molecule has 3 rings (SSSR count). The van der Waals surface area contributed by atoms with Crippen LogP contribution in [-0.4, -0.2) is 70.1 Å². The fraction of sp³-hybridized carbons (Fsp3) is 0.400. The van der Waals surface area contributed by atoms with Crippen molar-refractivity contribution in [3.63, 3.8) is 0 Å². The van der Waals surface area contributed by atoms with E-state index in [1.54, 1.807) is 22.8 Å². The van der Waals surface area contributed by atoms with Crippen molar-refractivity contribution >= 4 is 35.1 Å². The number of aryl methyl sites for hydroxylation is 1. The Hall–Kier alpha value is -2.86. The van der Waals surface area contributed by atoms with Crippen LogP contribution in [0.3, 0.4) is 0 Å². The van der Waals surface area contributed by atoms with E-state index in [0.29, 0.717) is 37.2 Å². The Labute approximate surface area is 187 Å². The molecule has 3 N–H and O–H groups in total. The maximum Gasteiger partial charge on any atom is 0.418 e. The number of nitrogens with zero attached hydrogens (tertiary/aromatic N) is 4. The maximum absolute atomic E-state index is 13.1. The number of para-hydroxylation sites is 1. The first-order chi connectivity index (χ1) is 15.1. The number of nitrogens with one attached hydrogen (secondary N) is 1. The third-order valence-corrected chi connectivity index (χ3v) is 5.61. The number of benzene rings is 1. The van der Waals surface area contributed by atoms with E-state index in [2.05, 4.69) is 15.3 Å². The minimum absolute atomic E-state index is 0.0562. The summed E-state index contributed by atoms with van der Waals surface area (Å²) in [6.07, 6.45) is -4.55. The molecule has 32 heavy (non-hydrogen) atoms. The zero-order valence-corrected chi connectivity index (χ0v) is 18.2. The third-order valence-electron chi connectivity index (χ3n) is 4.78. The molecule has 1 aliphatic heterocycles. The molecule has 2 aromatic rings. The van der Waals surface area contributed by atoms with Crippen LogP contribution in [0.2, 0.25) is 0 Å². The Balaban J connectivity index is 1.45. The highest BCUT2D eigenvalue weighted by atomic mass is 32.2. The number of hydrogen-bond acceptors (Lipinski definition) is 7. The number of alkyl halides is 3. The van der Waals surface area contributed by atoms with Crippen LogP contribution in [0.5, 0.6) is 0 Å². The van der Waals surface area contributed by atoms with Gasteiger partial charge in [-0.05, 0) is 19.1 Å². The van der Waals surface area contributed by atoms with Crippen LogP contribution in [0.1, 0.15) is 11.3 Å². The fourth-order valence-electron chi connectivity index (χ4n) is 3.23. The van der Waals surface area contributed by atoms with Crippen LogP contribution in [0.4, 0.5) is 24.7 Å². The van der Waals surface area contributed by atoms with Gasteiger partial charge in [0.2, 0.25) is 11.8 Å². The van der Waals surface area contributed by atoms with Gasteiger partial charge in [-0.15, -0.1) is 0 Å². The van der Waals surface area contributed by atoms with Crippen LogP contribution >= 0.6 is 11.8 Å². The molecule has 2 amide bonds. The first-order valence-electron chi connectivity index (χ1n) is 9.82. The molecule has 0 saturated carbocycles. The van der Waals surface area contributed by atoms with Gasteiger partial charge >= 0.3 is 6.18 Å². The van der Waals surface area contributed by atoms with Crippen LogP contribution in [0.25, 0.3) is 0 Å². The Morgan fingerprint density at radius 2 is 1.84 bits per heavy atom. The second-order valence-corrected chi connectivity index (χ2v) is 8.20. The molecule has 0 spiro atoms. The van der Waals surface area contributed by atoms with E-state index in [4.69, 9.17) is 5.73 Å². The second-order valence-electron chi connectivity index (χ2n) is 7.25. The molecule has 0 bridgehead atoms. The van der Waals surface area contributed by atoms with E-state index in [9.17, 15) is 22.8 Å². The first kappa shape index (κ1) is 23.8. The zero-order chi connectivity index (χ0) is 23.3. The number of piperazine rings is 1. The Morgan fingerprint density at radius 3 is 2.50 bits per heavy atom. The van der Waals surface area contributed by atoms with E-state index >= 15 is 0 Å². The van der Waals surface area contributed by atoms with Crippen molar-refractivity contribution < 1.29 is 22.8 Å². The molecule has 8 nitrogen and oxygen atoms in total. The van der Waals surface area contributed by atoms with Crippen LogP contribution in [0, 0.1) is 6.92 Å². The lowest BCUT2D eigenvalue weighted by atomic mass is 10.1. The van der Waals surface area contributed by atoms with Gasteiger partial charge < -0.3 is 16.0 Å². The molecular formula is C20H23F3N6O2S. The molecule has 1 fully saturated rings. The average Bonchev–Trinajstić information content (AvgIpc) is 2.71. The summed E-state index contributed by atoms with van der Waals surface area (Å²) in [5.41, 5.74) is 5.25. The summed E-state index contributed by atoms with van der Waals surface area (Å²) in [7, 11) is 0. The number of carbonyl (C=O) groups excluding carboxylic acids is 2. The van der Waals surface area contributed by atoms with Gasteiger partial charge in [-0.2, -0.15) is 13.2 Å². The molecule has 2 heterocycles. The van der Waals surface area contributed by atoms with Crippen LogP contribution in [0.15, 0.2) is 35.5 Å². The van der Waals surface area contributed by atoms with Crippen LogP contribution < -0.4 is 11.1 Å². The summed E-state index contributed by atoms with van der Waals surface area (Å²) in [4.78, 5) is 36.5. The molecule has 0 unspecified atom stereocenters. The number of nitrogens with two attached hydrogens (primary N) is 1. The molecule has 0 atom stereocenters. The predicted octanol–water partition coefficient (Wildman–Crippen LogP) is 2.26. The molecule has 1 saturated heterocycles. The molecule has 1 aliphatic rings. The van der Waals surface area contributed by atoms with Crippen molar-refractivity contribution in [1.29, 1.82) is 0 Å². The highest BCUT2D eigenvalue weighted by Crippen LogP contribution is 2.34. The van der Waals surface area contributed by atoms with Gasteiger partial charge in [0, 0.05) is 37.9 Å². The number of thioether (sulfide) groups is 1. The second kappa shape index (κ2) is 10.2. The normalized spacial score (nSPS) is 14.9. The van der Waals surface area contributed by atoms with Gasteiger partial charge in [-0.3, -0.25) is 14.5 Å². The SMILES string of the molecule is Cc1cc(N)nc(SCC(=O)N2CCN(CC(=O)Nc3ccccc3C(F)(F)F)CC2)n1. The third kappa shape index (κ3) is 6.57. The summed E-state index contributed by atoms with van der Waals surface area (Å²) in [5.74, 6) is -0.109. The summed E-state index contributed by atoms with van der Waals surface area (Å²) in [6, 6.07) is 6.49. The summed E-state index contributed by atoms with van der Waals surface area (Å²) < 4.78 is 39.2. The lowest BCUT2D eigenvalue weighted by Crippen LogP contribution is -2.51. The quantitative estimate of drug-likeness (QED) is 0.495. The smallest absolute Gasteiger partial charge is 0.384 e. The molecular weight excluding hydrogens is 445 g/mol. The van der Waals surface area contributed by atoms with Gasteiger partial charge in [0.25, 0.3) is 0 Å². The lowest BCUT2D eigenvalue weighted by molar-refractivity contribution is -0.137. The summed E-state index contributed by atoms with van der Waals surface area (Å²) in [5, 5.41) is 2.77. The number of aromatic nitrogens is 2. The van der Waals surface area contributed by atoms with Gasteiger partial charge in [-0.25, -0.2) is 9.97 Å². The largest absolute Gasteiger partial charge is 0.418 e. The van der Waals surface area contributed by atoms with Crippen molar-refractivity contribution in [2.24, 2.45) is 0 Å². The van der Waals surface area contributed by atoms with Gasteiger partial charge in [-0.1, -0.05) is 23.9 Å². The number of anilines is 2. The Bertz CT molecular complexity index is 960. The Kier molecular flexibility index (Phi) is 7.56. The summed E-state index contributed by atoms with van der Waals surface area (Å²) in [6.45, 7) is 3.46. The number of rotatable bonds is 6. The van der Waals surface area contributed by atoms with Crippen molar-refractivity contribution in [1.82, 2.24) is 19.8 Å². The first-order valence-corrected chi connectivity index (χ1v) is 10.8. The molecule has 12 heteroatoms. The van der Waals surface area contributed by atoms with Gasteiger partial charge in [0.05, 0.1) is 23.5 Å². The van der Waals surface area contributed by atoms with E-state index in [0.717, 1.165) is 11.8 Å². The van der Waals surface area contributed by atoms with Gasteiger partial charge in [0.15, 0.2) is 5.16 Å². The number of hydrogen-bond donors (Lipinski definition) is 2. The minimum atomic E-state index is -4.55. The molecule has 1 aromatic heterocycles. The standard InChI is InChI=1S/C20H23F3N6O2S/c1-13-10-16(24)27-19(25-13)32-12-18(31)29-8-6-28(7-9-29)11-17(30)26-15-5-3-2-4-14(15)20(21,22)23/h2-5,10H,6-9,11-12H2,1H3,(H,26,30)(H2,24,25,27). The lowest BCUT2D eigenvalue weighted by Gasteiger charge is -2.34. The number of nitrogen functional groups attached to an aromatic ring is 1. The van der Waals surface area contributed by atoms with Crippen LogP contribution in [-0.2, 0) is 15.8 Å². The molecule has 1 aromatic carbocycles. The predicted molar refractivity (Wildman–Crippen MR) is 115 cm³/mol. The monoisotopic (exact) mass is 468 g/mol. The van der Waals surface area contributed by atoms with E-state index < -0.39 is 17.6 Å². The van der Waals surface area contributed by atoms with E-state index in [1.165, 1.54) is 30.0 Å². The van der Waals surface area contributed by atoms with Crippen molar-refractivity contribution in [3.8, 4) is 0 Å². The summed E-state index contributed by atoms with van der Waals surface area (Å²) >= 11 is 1.20. The van der Waals surface area contributed by atoms with Crippen molar-refractivity contribution in [2.45, 2.75) is 18.3 Å². The maximum atomic E-state index is 13.1. The zero-order valence-electron chi connectivity index (χ0n) is 17.4.